The van der Waals surface area contributed by atoms with Gasteiger partial charge in [-0.15, -0.1) is 0 Å². The predicted molar refractivity (Wildman–Crippen MR) is 98.8 cm³/mol. The van der Waals surface area contributed by atoms with Crippen LogP contribution in [-0.4, -0.2) is 12.5 Å². The van der Waals surface area contributed by atoms with Crippen molar-refractivity contribution in [2.24, 2.45) is 0 Å². The molecule has 132 valence electrons. The van der Waals surface area contributed by atoms with Crippen molar-refractivity contribution in [3.63, 3.8) is 0 Å². The molecule has 1 aromatic heterocycles. The van der Waals surface area contributed by atoms with Gasteiger partial charge in [0.1, 0.15) is 5.75 Å². The number of hydrogen-bond acceptors (Lipinski definition) is 3. The summed E-state index contributed by atoms with van der Waals surface area (Å²) in [5.41, 5.74) is 2.35. The number of hydrogen-bond donors (Lipinski definition) is 1. The van der Waals surface area contributed by atoms with Gasteiger partial charge in [-0.05, 0) is 30.2 Å². The Morgan fingerprint density at radius 3 is 2.23 bits per heavy atom. The zero-order valence-corrected chi connectivity index (χ0v) is 14.5. The summed E-state index contributed by atoms with van der Waals surface area (Å²) in [5.74, 6) is 0.547. The molecule has 3 rings (SSSR count). The lowest BCUT2D eigenvalue weighted by Crippen LogP contribution is -2.31. The predicted octanol–water partition coefficient (Wildman–Crippen LogP) is 3.24. The lowest BCUT2D eigenvalue weighted by atomic mass is 9.98. The topological polar surface area (TPSA) is 65.3 Å². The maximum Gasteiger partial charge on any atom is 0.252 e. The smallest absolute Gasteiger partial charge is 0.252 e. The Morgan fingerprint density at radius 1 is 1.00 bits per heavy atom. The highest BCUT2D eigenvalue weighted by Crippen LogP contribution is 2.24. The second-order valence-corrected chi connectivity index (χ2v) is 5.77. The minimum absolute atomic E-state index is 0.242. The molecule has 3 aromatic rings. The number of nitrogens with zero attached hydrogens (tertiary/aromatic N) is 1. The van der Waals surface area contributed by atoms with Crippen molar-refractivity contribution in [3.8, 4) is 5.75 Å². The van der Waals surface area contributed by atoms with E-state index in [0.29, 0.717) is 16.9 Å². The van der Waals surface area contributed by atoms with E-state index in [2.05, 4.69) is 5.32 Å². The second kappa shape index (κ2) is 8.16. The fraction of sp³-hybridized carbons (Fsp3) is 0.143. The van der Waals surface area contributed by atoms with Gasteiger partial charge < -0.3 is 15.3 Å². The van der Waals surface area contributed by atoms with Gasteiger partial charge in [-0.25, -0.2) is 0 Å². The monoisotopic (exact) mass is 348 g/mol. The van der Waals surface area contributed by atoms with Crippen LogP contribution in [0.5, 0.6) is 5.75 Å². The zero-order valence-electron chi connectivity index (χ0n) is 14.5. The van der Waals surface area contributed by atoms with E-state index in [1.807, 2.05) is 61.5 Å². The maximum absolute atomic E-state index is 12.6. The Bertz CT molecular complexity index is 847. The molecule has 1 unspecified atom stereocenters. The number of amides is 1. The van der Waals surface area contributed by atoms with Crippen molar-refractivity contribution < 1.29 is 14.3 Å². The SMILES string of the molecule is CCOc1ccc(C(NC(=O)c2cc[n+]([O-])cc2)c2ccccc2)cc1. The van der Waals surface area contributed by atoms with Gasteiger partial charge >= 0.3 is 0 Å². The Kier molecular flexibility index (Phi) is 5.49. The quantitative estimate of drug-likeness (QED) is 0.549. The first-order valence-corrected chi connectivity index (χ1v) is 8.45. The summed E-state index contributed by atoms with van der Waals surface area (Å²) < 4.78 is 6.14. The number of ether oxygens (including phenoxy) is 1. The number of aromatic nitrogens is 1. The fourth-order valence-electron chi connectivity index (χ4n) is 2.71. The standard InChI is InChI=1S/C21H20N2O3/c1-2-26-19-10-8-17(9-11-19)20(16-6-4-3-5-7-16)22-21(24)18-12-14-23(25)15-13-18/h3-15,20H,2H2,1H3,(H,22,24). The third-order valence-electron chi connectivity index (χ3n) is 4.00. The first-order chi connectivity index (χ1) is 12.7. The van der Waals surface area contributed by atoms with Gasteiger partial charge in [-0.3, -0.25) is 4.79 Å². The molecule has 2 aromatic carbocycles. The van der Waals surface area contributed by atoms with Crippen LogP contribution in [0.2, 0.25) is 0 Å². The second-order valence-electron chi connectivity index (χ2n) is 5.77. The zero-order chi connectivity index (χ0) is 18.4. The number of benzene rings is 2. The Hall–Kier alpha value is -3.34. The van der Waals surface area contributed by atoms with Crippen molar-refractivity contribution in [3.05, 3.63) is 101 Å². The van der Waals surface area contributed by atoms with Gasteiger partial charge in [0.15, 0.2) is 12.4 Å². The van der Waals surface area contributed by atoms with Crippen LogP contribution in [0.25, 0.3) is 0 Å². The number of nitrogens with one attached hydrogen (secondary N) is 1. The molecule has 0 bridgehead atoms. The molecule has 5 nitrogen and oxygen atoms in total. The van der Waals surface area contributed by atoms with E-state index in [0.717, 1.165) is 16.9 Å². The molecular weight excluding hydrogens is 328 g/mol. The number of carbonyl (C=O) groups excluding carboxylic acids is 1. The molecule has 0 saturated heterocycles. The molecule has 1 atom stereocenters. The Labute approximate surface area is 152 Å². The van der Waals surface area contributed by atoms with Crippen LogP contribution in [0.4, 0.5) is 0 Å². The van der Waals surface area contributed by atoms with E-state index >= 15 is 0 Å². The van der Waals surface area contributed by atoms with Gasteiger partial charge in [0.2, 0.25) is 0 Å². The van der Waals surface area contributed by atoms with E-state index in [9.17, 15) is 10.0 Å². The summed E-state index contributed by atoms with van der Waals surface area (Å²) in [6, 6.07) is 20.1. The molecule has 0 spiro atoms. The lowest BCUT2D eigenvalue weighted by molar-refractivity contribution is -0.605. The minimum Gasteiger partial charge on any atom is -0.619 e. The van der Waals surface area contributed by atoms with Crippen LogP contribution in [0, 0.1) is 5.21 Å². The summed E-state index contributed by atoms with van der Waals surface area (Å²) in [6.07, 6.45) is 2.62. The highest BCUT2D eigenvalue weighted by atomic mass is 16.5. The summed E-state index contributed by atoms with van der Waals surface area (Å²) >= 11 is 0. The molecule has 1 N–H and O–H groups in total. The molecule has 0 aliphatic carbocycles. The van der Waals surface area contributed by atoms with Crippen LogP contribution in [0.1, 0.15) is 34.5 Å². The van der Waals surface area contributed by atoms with Crippen molar-refractivity contribution in [2.45, 2.75) is 13.0 Å². The van der Waals surface area contributed by atoms with E-state index < -0.39 is 0 Å². The molecule has 0 fully saturated rings. The van der Waals surface area contributed by atoms with E-state index in [1.54, 1.807) is 0 Å². The largest absolute Gasteiger partial charge is 0.619 e. The van der Waals surface area contributed by atoms with Crippen LogP contribution in [0.3, 0.4) is 0 Å². The molecule has 0 aliphatic rings. The third-order valence-corrected chi connectivity index (χ3v) is 4.00. The van der Waals surface area contributed by atoms with E-state index in [-0.39, 0.29) is 11.9 Å². The number of rotatable bonds is 6. The minimum atomic E-state index is -0.307. The summed E-state index contributed by atoms with van der Waals surface area (Å²) in [6.45, 7) is 2.54. The summed E-state index contributed by atoms with van der Waals surface area (Å²) in [7, 11) is 0. The van der Waals surface area contributed by atoms with Crippen molar-refractivity contribution in [2.75, 3.05) is 6.61 Å². The highest BCUT2D eigenvalue weighted by molar-refractivity contribution is 5.94. The van der Waals surface area contributed by atoms with Gasteiger partial charge in [0.25, 0.3) is 5.91 Å². The molecule has 0 saturated carbocycles. The Morgan fingerprint density at radius 2 is 1.62 bits per heavy atom. The number of pyridine rings is 1. The Balaban J connectivity index is 1.88. The lowest BCUT2D eigenvalue weighted by Gasteiger charge is -2.20. The molecule has 26 heavy (non-hydrogen) atoms. The van der Waals surface area contributed by atoms with Crippen LogP contribution < -0.4 is 14.8 Å². The molecule has 0 aliphatic heterocycles. The molecule has 0 radical (unpaired) electrons. The van der Waals surface area contributed by atoms with Crippen LogP contribution in [-0.2, 0) is 0 Å². The normalized spacial score (nSPS) is 11.6. The average molecular weight is 348 g/mol. The maximum atomic E-state index is 12.6. The first kappa shape index (κ1) is 17.5. The fourth-order valence-corrected chi connectivity index (χ4v) is 2.71. The molecule has 1 heterocycles. The number of carbonyl (C=O) groups is 1. The van der Waals surface area contributed by atoms with Crippen LogP contribution >= 0.6 is 0 Å². The summed E-state index contributed by atoms with van der Waals surface area (Å²) in [5, 5.41) is 14.2. The van der Waals surface area contributed by atoms with Crippen LogP contribution in [0.15, 0.2) is 79.1 Å². The van der Waals surface area contributed by atoms with Crippen molar-refractivity contribution >= 4 is 5.91 Å². The molecular formula is C21H20N2O3. The molecule has 1 amide bonds. The van der Waals surface area contributed by atoms with Gasteiger partial charge in [0, 0.05) is 12.1 Å². The van der Waals surface area contributed by atoms with Crippen molar-refractivity contribution in [1.29, 1.82) is 0 Å². The third kappa shape index (κ3) is 4.19. The first-order valence-electron chi connectivity index (χ1n) is 8.45. The van der Waals surface area contributed by atoms with E-state index in [1.165, 1.54) is 24.5 Å². The van der Waals surface area contributed by atoms with Gasteiger partial charge in [0.05, 0.1) is 18.2 Å². The summed E-state index contributed by atoms with van der Waals surface area (Å²) in [4.78, 5) is 12.6. The van der Waals surface area contributed by atoms with Gasteiger partial charge in [-0.2, -0.15) is 4.73 Å². The van der Waals surface area contributed by atoms with Crippen molar-refractivity contribution in [1.82, 2.24) is 5.32 Å². The molecule has 5 heteroatoms. The van der Waals surface area contributed by atoms with E-state index in [4.69, 9.17) is 4.74 Å². The highest BCUT2D eigenvalue weighted by Gasteiger charge is 2.18. The average Bonchev–Trinajstić information content (AvgIpc) is 2.68. The van der Waals surface area contributed by atoms with Gasteiger partial charge in [-0.1, -0.05) is 42.5 Å².